The first-order valence-electron chi connectivity index (χ1n) is 9.68. The second-order valence-electron chi connectivity index (χ2n) is 6.67. The molecule has 0 radical (unpaired) electrons. The SMILES string of the molecule is O=C(COc1cccc(/C=N\NC(=O)C(=O)Nc2ccccc2F)c1)Nc1ccc(Cl)c(Cl)c1. The van der Waals surface area contributed by atoms with E-state index in [0.29, 0.717) is 27.0 Å². The highest BCUT2D eigenvalue weighted by Gasteiger charge is 2.14. The Kier molecular flexibility index (Phi) is 8.55. The summed E-state index contributed by atoms with van der Waals surface area (Å²) in [4.78, 5) is 35.8. The van der Waals surface area contributed by atoms with Crippen LogP contribution in [0.5, 0.6) is 5.75 Å². The zero-order valence-electron chi connectivity index (χ0n) is 17.3. The van der Waals surface area contributed by atoms with Gasteiger partial charge in [0.25, 0.3) is 5.91 Å². The van der Waals surface area contributed by atoms with Gasteiger partial charge in [-0.15, -0.1) is 0 Å². The summed E-state index contributed by atoms with van der Waals surface area (Å²) >= 11 is 11.8. The molecule has 0 saturated heterocycles. The van der Waals surface area contributed by atoms with Crippen molar-refractivity contribution in [1.82, 2.24) is 5.43 Å². The van der Waals surface area contributed by atoms with Crippen molar-refractivity contribution in [3.05, 3.63) is 88.2 Å². The van der Waals surface area contributed by atoms with E-state index in [1.54, 1.807) is 36.4 Å². The third-order valence-corrected chi connectivity index (χ3v) is 4.88. The predicted octanol–water partition coefficient (Wildman–Crippen LogP) is 4.24. The van der Waals surface area contributed by atoms with Gasteiger partial charge in [0.15, 0.2) is 6.61 Å². The molecular weight excluding hydrogens is 486 g/mol. The number of hydrogen-bond acceptors (Lipinski definition) is 5. The van der Waals surface area contributed by atoms with Gasteiger partial charge in [-0.2, -0.15) is 5.10 Å². The van der Waals surface area contributed by atoms with Gasteiger partial charge >= 0.3 is 11.8 Å². The van der Waals surface area contributed by atoms with Crippen LogP contribution in [0, 0.1) is 5.82 Å². The molecule has 3 N–H and O–H groups in total. The second kappa shape index (κ2) is 11.8. The van der Waals surface area contributed by atoms with Crippen LogP contribution in [0.3, 0.4) is 0 Å². The van der Waals surface area contributed by atoms with Gasteiger partial charge in [0.2, 0.25) is 0 Å². The maximum absolute atomic E-state index is 13.6. The number of carbonyl (C=O) groups excluding carboxylic acids is 3. The molecule has 174 valence electrons. The molecule has 11 heteroatoms. The third-order valence-electron chi connectivity index (χ3n) is 4.14. The summed E-state index contributed by atoms with van der Waals surface area (Å²) in [5, 5.41) is 9.16. The Hall–Kier alpha value is -3.95. The topological polar surface area (TPSA) is 109 Å². The van der Waals surface area contributed by atoms with Gasteiger partial charge in [0, 0.05) is 5.69 Å². The van der Waals surface area contributed by atoms with Crippen molar-refractivity contribution in [3.63, 3.8) is 0 Å². The lowest BCUT2D eigenvalue weighted by Crippen LogP contribution is -2.32. The summed E-state index contributed by atoms with van der Waals surface area (Å²) in [6.07, 6.45) is 1.27. The molecule has 0 aliphatic carbocycles. The Morgan fingerprint density at radius 2 is 1.71 bits per heavy atom. The zero-order valence-corrected chi connectivity index (χ0v) is 18.9. The van der Waals surface area contributed by atoms with E-state index in [0.717, 1.165) is 6.07 Å². The quantitative estimate of drug-likeness (QED) is 0.255. The Balaban J connectivity index is 1.49. The van der Waals surface area contributed by atoms with Crippen LogP contribution in [-0.4, -0.2) is 30.5 Å². The van der Waals surface area contributed by atoms with Crippen LogP contribution in [-0.2, 0) is 14.4 Å². The average Bonchev–Trinajstić information content (AvgIpc) is 2.82. The third kappa shape index (κ3) is 7.29. The fraction of sp³-hybridized carbons (Fsp3) is 0.0435. The number of hydrazone groups is 1. The predicted molar refractivity (Wildman–Crippen MR) is 128 cm³/mol. The summed E-state index contributed by atoms with van der Waals surface area (Å²) in [6.45, 7) is -0.270. The van der Waals surface area contributed by atoms with Gasteiger partial charge in [-0.3, -0.25) is 14.4 Å². The number of para-hydroxylation sites is 1. The van der Waals surface area contributed by atoms with Crippen LogP contribution in [0.4, 0.5) is 15.8 Å². The molecule has 0 heterocycles. The van der Waals surface area contributed by atoms with Crippen molar-refractivity contribution in [2.75, 3.05) is 17.2 Å². The molecule has 0 unspecified atom stereocenters. The lowest BCUT2D eigenvalue weighted by Gasteiger charge is -2.08. The Labute approximate surface area is 203 Å². The van der Waals surface area contributed by atoms with Crippen molar-refractivity contribution in [3.8, 4) is 5.75 Å². The number of anilines is 2. The molecule has 8 nitrogen and oxygen atoms in total. The number of rotatable bonds is 7. The van der Waals surface area contributed by atoms with Crippen LogP contribution >= 0.6 is 23.2 Å². The maximum Gasteiger partial charge on any atom is 0.329 e. The zero-order chi connectivity index (χ0) is 24.5. The monoisotopic (exact) mass is 502 g/mol. The van der Waals surface area contributed by atoms with E-state index >= 15 is 0 Å². The minimum Gasteiger partial charge on any atom is -0.484 e. The van der Waals surface area contributed by atoms with Crippen molar-refractivity contribution < 1.29 is 23.5 Å². The van der Waals surface area contributed by atoms with E-state index in [2.05, 4.69) is 15.7 Å². The van der Waals surface area contributed by atoms with E-state index in [-0.39, 0.29) is 12.3 Å². The molecule has 3 amide bonds. The van der Waals surface area contributed by atoms with Gasteiger partial charge in [0.05, 0.1) is 21.9 Å². The molecule has 0 fully saturated rings. The minimum absolute atomic E-state index is 0.125. The summed E-state index contributed by atoms with van der Waals surface area (Å²) < 4.78 is 19.0. The maximum atomic E-state index is 13.6. The van der Waals surface area contributed by atoms with E-state index in [4.69, 9.17) is 27.9 Å². The standard InChI is InChI=1S/C23H17Cl2FN4O4/c24-17-9-8-15(11-18(17)25)28-21(31)13-34-16-5-3-4-14(10-16)12-27-30-23(33)22(32)29-20-7-2-1-6-19(20)26/h1-12H,13H2,(H,28,31)(H,29,32)(H,30,33)/b27-12-. The molecule has 0 saturated carbocycles. The van der Waals surface area contributed by atoms with Crippen LogP contribution in [0.1, 0.15) is 5.56 Å². The number of halogens is 3. The molecule has 0 atom stereocenters. The van der Waals surface area contributed by atoms with Crippen molar-refractivity contribution in [2.24, 2.45) is 5.10 Å². The number of carbonyl (C=O) groups is 3. The smallest absolute Gasteiger partial charge is 0.329 e. The fourth-order valence-electron chi connectivity index (χ4n) is 2.56. The molecule has 0 aliphatic heterocycles. The van der Waals surface area contributed by atoms with E-state index in [1.807, 2.05) is 5.43 Å². The fourth-order valence-corrected chi connectivity index (χ4v) is 2.86. The number of nitrogens with zero attached hydrogens (tertiary/aromatic N) is 1. The Bertz CT molecular complexity index is 1250. The van der Waals surface area contributed by atoms with E-state index in [1.165, 1.54) is 30.5 Å². The lowest BCUT2D eigenvalue weighted by molar-refractivity contribution is -0.136. The molecule has 0 aliphatic rings. The summed E-state index contributed by atoms with van der Waals surface area (Å²) in [6, 6.07) is 16.6. The van der Waals surface area contributed by atoms with Crippen molar-refractivity contribution >= 4 is 58.5 Å². The lowest BCUT2D eigenvalue weighted by atomic mass is 10.2. The number of amides is 3. The highest BCUT2D eigenvalue weighted by molar-refractivity contribution is 6.42. The van der Waals surface area contributed by atoms with Crippen LogP contribution in [0.2, 0.25) is 10.0 Å². The van der Waals surface area contributed by atoms with Gasteiger partial charge in [-0.25, -0.2) is 9.82 Å². The molecule has 0 spiro atoms. The molecular formula is C23H17Cl2FN4O4. The normalized spacial score (nSPS) is 10.6. The summed E-state index contributed by atoms with van der Waals surface area (Å²) in [7, 11) is 0. The highest BCUT2D eigenvalue weighted by Crippen LogP contribution is 2.25. The molecule has 3 aromatic rings. The summed E-state index contributed by atoms with van der Waals surface area (Å²) in [5.74, 6) is -2.87. The van der Waals surface area contributed by atoms with Crippen molar-refractivity contribution in [1.29, 1.82) is 0 Å². The Morgan fingerprint density at radius 3 is 2.47 bits per heavy atom. The first-order chi connectivity index (χ1) is 16.3. The van der Waals surface area contributed by atoms with Gasteiger partial charge in [-0.05, 0) is 48.0 Å². The van der Waals surface area contributed by atoms with Crippen LogP contribution in [0.15, 0.2) is 71.8 Å². The van der Waals surface area contributed by atoms with Crippen LogP contribution < -0.4 is 20.8 Å². The second-order valence-corrected chi connectivity index (χ2v) is 7.49. The minimum atomic E-state index is -1.08. The Morgan fingerprint density at radius 1 is 0.912 bits per heavy atom. The van der Waals surface area contributed by atoms with Crippen molar-refractivity contribution in [2.45, 2.75) is 0 Å². The molecule has 3 aromatic carbocycles. The molecule has 0 bridgehead atoms. The number of hydrogen-bond donors (Lipinski definition) is 3. The molecule has 3 rings (SSSR count). The van der Waals surface area contributed by atoms with Gasteiger partial charge in [0.1, 0.15) is 11.6 Å². The van der Waals surface area contributed by atoms with Gasteiger partial charge < -0.3 is 15.4 Å². The van der Waals surface area contributed by atoms with Gasteiger partial charge in [-0.1, -0.05) is 47.5 Å². The highest BCUT2D eigenvalue weighted by atomic mass is 35.5. The van der Waals surface area contributed by atoms with E-state index < -0.39 is 23.5 Å². The summed E-state index contributed by atoms with van der Waals surface area (Å²) in [5.41, 5.74) is 2.92. The first-order valence-corrected chi connectivity index (χ1v) is 10.4. The number of nitrogens with one attached hydrogen (secondary N) is 3. The molecule has 34 heavy (non-hydrogen) atoms. The average molecular weight is 503 g/mol. The molecule has 0 aromatic heterocycles. The van der Waals surface area contributed by atoms with E-state index in [9.17, 15) is 18.8 Å². The first kappa shape index (κ1) is 24.7. The van der Waals surface area contributed by atoms with Crippen LogP contribution in [0.25, 0.3) is 0 Å². The number of benzene rings is 3. The number of ether oxygens (including phenoxy) is 1. The largest absolute Gasteiger partial charge is 0.484 e.